The summed E-state index contributed by atoms with van der Waals surface area (Å²) in [5.41, 5.74) is -0.501. The summed E-state index contributed by atoms with van der Waals surface area (Å²) in [6, 6.07) is 9.39. The molecule has 0 bridgehead atoms. The molecule has 148 valence electrons. The summed E-state index contributed by atoms with van der Waals surface area (Å²) in [4.78, 5) is 24.8. The highest BCUT2D eigenvalue weighted by Crippen LogP contribution is 2.32. The number of hydrogen-bond donors (Lipinski definition) is 2. The maximum Gasteiger partial charge on any atom is 0.416 e. The number of phenolic OH excluding ortho intramolecular Hbond substituents is 1. The number of carboxylic acids is 1. The number of benzene rings is 2. The predicted molar refractivity (Wildman–Crippen MR) is 96.5 cm³/mol. The van der Waals surface area contributed by atoms with Crippen LogP contribution in [0.5, 0.6) is 5.75 Å². The Labute approximate surface area is 159 Å². The summed E-state index contributed by atoms with van der Waals surface area (Å²) < 4.78 is 39.0. The Morgan fingerprint density at radius 1 is 1.11 bits per heavy atom. The molecule has 0 aromatic heterocycles. The topological polar surface area (TPSA) is 77.8 Å². The summed E-state index contributed by atoms with van der Waals surface area (Å²) in [5, 5.41) is 18.7. The second-order valence-electron chi connectivity index (χ2n) is 6.09. The lowest BCUT2D eigenvalue weighted by Crippen LogP contribution is -2.43. The van der Waals surface area contributed by atoms with E-state index in [0.29, 0.717) is 5.56 Å². The van der Waals surface area contributed by atoms with E-state index in [-0.39, 0.29) is 17.7 Å². The van der Waals surface area contributed by atoms with Crippen molar-refractivity contribution in [1.82, 2.24) is 4.90 Å². The number of hydrogen-bond acceptors (Lipinski definition) is 3. The predicted octanol–water partition coefficient (Wildman–Crippen LogP) is 3.58. The Bertz CT molecular complexity index is 876. The van der Waals surface area contributed by atoms with Crippen molar-refractivity contribution in [3.63, 3.8) is 0 Å². The van der Waals surface area contributed by atoms with Crippen molar-refractivity contribution >= 4 is 18.0 Å². The molecule has 0 fully saturated rings. The number of carbonyl (C=O) groups is 2. The second-order valence-corrected chi connectivity index (χ2v) is 6.09. The number of alkyl halides is 3. The van der Waals surface area contributed by atoms with E-state index < -0.39 is 29.7 Å². The zero-order valence-electron chi connectivity index (χ0n) is 14.8. The van der Waals surface area contributed by atoms with Crippen molar-refractivity contribution in [3.8, 4) is 5.75 Å². The lowest BCUT2D eigenvalue weighted by atomic mass is 10.0. The van der Waals surface area contributed by atoms with Crippen LogP contribution in [0.2, 0.25) is 0 Å². The Morgan fingerprint density at radius 3 is 2.29 bits per heavy atom. The molecule has 0 saturated carbocycles. The smallest absolute Gasteiger partial charge is 0.416 e. The van der Waals surface area contributed by atoms with Gasteiger partial charge in [-0.25, -0.2) is 4.79 Å². The van der Waals surface area contributed by atoms with E-state index in [0.717, 1.165) is 23.1 Å². The van der Waals surface area contributed by atoms with Crippen LogP contribution in [-0.4, -0.2) is 40.1 Å². The van der Waals surface area contributed by atoms with E-state index in [4.69, 9.17) is 0 Å². The van der Waals surface area contributed by atoms with Crippen molar-refractivity contribution in [2.75, 3.05) is 7.05 Å². The third-order valence-electron chi connectivity index (χ3n) is 4.14. The van der Waals surface area contributed by atoms with Gasteiger partial charge in [0.05, 0.1) is 5.56 Å². The molecule has 0 unspecified atom stereocenters. The fraction of sp³-hybridized carbons (Fsp3) is 0.200. The maximum atomic E-state index is 13.0. The van der Waals surface area contributed by atoms with Crippen molar-refractivity contribution < 1.29 is 33.0 Å². The minimum absolute atomic E-state index is 0.0197. The summed E-state index contributed by atoms with van der Waals surface area (Å²) in [6.45, 7) is 0. The molecule has 5 nitrogen and oxygen atoms in total. The van der Waals surface area contributed by atoms with Gasteiger partial charge in [0.25, 0.3) is 0 Å². The molecule has 0 aliphatic rings. The lowest BCUT2D eigenvalue weighted by Gasteiger charge is -2.24. The molecular weight excluding hydrogens is 375 g/mol. The van der Waals surface area contributed by atoms with Crippen LogP contribution in [0.4, 0.5) is 13.2 Å². The Morgan fingerprint density at radius 2 is 1.71 bits per heavy atom. The van der Waals surface area contributed by atoms with Gasteiger partial charge in [0.2, 0.25) is 5.91 Å². The molecule has 1 atom stereocenters. The number of carboxylic acid groups (broad SMARTS) is 1. The number of phenols is 1. The van der Waals surface area contributed by atoms with E-state index in [2.05, 4.69) is 0 Å². The van der Waals surface area contributed by atoms with Gasteiger partial charge < -0.3 is 15.1 Å². The fourth-order valence-corrected chi connectivity index (χ4v) is 2.58. The van der Waals surface area contributed by atoms with E-state index in [1.807, 2.05) is 0 Å². The van der Waals surface area contributed by atoms with Crippen LogP contribution < -0.4 is 0 Å². The molecule has 28 heavy (non-hydrogen) atoms. The van der Waals surface area contributed by atoms with Gasteiger partial charge in [0.1, 0.15) is 11.8 Å². The molecule has 2 aromatic carbocycles. The molecule has 2 aromatic rings. The van der Waals surface area contributed by atoms with Crippen molar-refractivity contribution in [2.24, 2.45) is 0 Å². The largest absolute Gasteiger partial charge is 0.508 e. The van der Waals surface area contributed by atoms with Crippen LogP contribution in [-0.2, 0) is 22.2 Å². The summed E-state index contributed by atoms with van der Waals surface area (Å²) in [7, 11) is 1.27. The van der Waals surface area contributed by atoms with Crippen LogP contribution in [0, 0.1) is 0 Å². The molecular formula is C20H18F3NO4. The monoisotopic (exact) mass is 393 g/mol. The number of carbonyl (C=O) groups excluding carboxylic acids is 1. The van der Waals surface area contributed by atoms with Gasteiger partial charge in [0.15, 0.2) is 0 Å². The summed E-state index contributed by atoms with van der Waals surface area (Å²) in [6.07, 6.45) is -2.67. The number of aromatic hydroxyl groups is 1. The van der Waals surface area contributed by atoms with Gasteiger partial charge in [-0.15, -0.1) is 0 Å². The summed E-state index contributed by atoms with van der Waals surface area (Å²) >= 11 is 0. The molecule has 0 spiro atoms. The first-order chi connectivity index (χ1) is 13.1. The first kappa shape index (κ1) is 21.0. The SMILES string of the molecule is CN(C(=O)/C=C/c1ccccc1C(F)(F)F)[C@@H](Cc1ccc(O)cc1)C(=O)O. The Kier molecular flexibility index (Phi) is 6.45. The van der Waals surface area contributed by atoms with E-state index in [9.17, 15) is 33.0 Å². The molecule has 0 aliphatic heterocycles. The fourth-order valence-electron chi connectivity index (χ4n) is 2.58. The number of amides is 1. The van der Waals surface area contributed by atoms with Crippen LogP contribution in [0.15, 0.2) is 54.6 Å². The van der Waals surface area contributed by atoms with Gasteiger partial charge in [-0.3, -0.25) is 4.79 Å². The molecule has 2 rings (SSSR count). The highest BCUT2D eigenvalue weighted by Gasteiger charge is 2.32. The van der Waals surface area contributed by atoms with Gasteiger partial charge in [-0.2, -0.15) is 13.2 Å². The van der Waals surface area contributed by atoms with E-state index >= 15 is 0 Å². The maximum absolute atomic E-state index is 13.0. The molecule has 0 saturated heterocycles. The average molecular weight is 393 g/mol. The van der Waals surface area contributed by atoms with Crippen LogP contribution in [0.25, 0.3) is 6.08 Å². The van der Waals surface area contributed by atoms with E-state index in [1.165, 1.54) is 49.5 Å². The van der Waals surface area contributed by atoms with Crippen molar-refractivity contribution in [3.05, 3.63) is 71.3 Å². The molecule has 8 heteroatoms. The van der Waals surface area contributed by atoms with Gasteiger partial charge in [-0.1, -0.05) is 30.3 Å². The van der Waals surface area contributed by atoms with Crippen LogP contribution in [0.1, 0.15) is 16.7 Å². The minimum Gasteiger partial charge on any atom is -0.508 e. The number of likely N-dealkylation sites (N-methyl/N-ethyl adjacent to an activating group) is 1. The molecule has 1 amide bonds. The third-order valence-corrected chi connectivity index (χ3v) is 4.14. The zero-order valence-corrected chi connectivity index (χ0v) is 14.8. The van der Waals surface area contributed by atoms with E-state index in [1.54, 1.807) is 0 Å². The second kappa shape index (κ2) is 8.60. The van der Waals surface area contributed by atoms with Crippen molar-refractivity contribution in [1.29, 1.82) is 0 Å². The Balaban J connectivity index is 2.19. The normalized spacial score (nSPS) is 12.7. The first-order valence-corrected chi connectivity index (χ1v) is 8.21. The quantitative estimate of drug-likeness (QED) is 0.736. The third kappa shape index (κ3) is 5.35. The first-order valence-electron chi connectivity index (χ1n) is 8.21. The van der Waals surface area contributed by atoms with Crippen LogP contribution in [0.3, 0.4) is 0 Å². The van der Waals surface area contributed by atoms with Crippen LogP contribution >= 0.6 is 0 Å². The number of aliphatic carboxylic acids is 1. The molecule has 2 N–H and O–H groups in total. The zero-order chi connectivity index (χ0) is 20.9. The van der Waals surface area contributed by atoms with Gasteiger partial charge in [0, 0.05) is 19.5 Å². The van der Waals surface area contributed by atoms with Gasteiger partial charge in [-0.05, 0) is 35.4 Å². The minimum atomic E-state index is -4.57. The summed E-state index contributed by atoms with van der Waals surface area (Å²) in [5.74, 6) is -1.98. The average Bonchev–Trinajstić information content (AvgIpc) is 2.64. The molecule has 0 aliphatic carbocycles. The number of rotatable bonds is 6. The highest BCUT2D eigenvalue weighted by molar-refractivity contribution is 5.94. The number of halogens is 3. The van der Waals surface area contributed by atoms with Gasteiger partial charge >= 0.3 is 12.1 Å². The standard InChI is InChI=1S/C20H18F3NO4/c1-24(17(19(27)28)12-13-6-9-15(25)10-7-13)18(26)11-8-14-4-2-3-5-16(14)20(21,22)23/h2-11,17,25H,12H2,1H3,(H,27,28)/b11-8+/t17-/m0/s1. The highest BCUT2D eigenvalue weighted by atomic mass is 19.4. The molecule has 0 heterocycles. The molecule has 0 radical (unpaired) electrons. The lowest BCUT2D eigenvalue weighted by molar-refractivity contribution is -0.147. The number of nitrogens with zero attached hydrogens (tertiary/aromatic N) is 1. The Hall–Kier alpha value is -3.29. The van der Waals surface area contributed by atoms with Crippen molar-refractivity contribution in [2.45, 2.75) is 18.6 Å².